The Bertz CT molecular complexity index is 231. The summed E-state index contributed by atoms with van der Waals surface area (Å²) in [5.74, 6) is 0.521. The molecule has 0 amide bonds. The summed E-state index contributed by atoms with van der Waals surface area (Å²) < 4.78 is 0. The lowest BCUT2D eigenvalue weighted by Gasteiger charge is -2.35. The van der Waals surface area contributed by atoms with Crippen LogP contribution in [0.15, 0.2) is 0 Å². The molecule has 1 rings (SSSR count). The van der Waals surface area contributed by atoms with Crippen LogP contribution in [0.2, 0.25) is 0 Å². The highest BCUT2D eigenvalue weighted by Crippen LogP contribution is 2.32. The zero-order valence-corrected chi connectivity index (χ0v) is 12.4. The summed E-state index contributed by atoms with van der Waals surface area (Å²) >= 11 is 0. The Balaban J connectivity index is 2.21. The molecule has 0 bridgehead atoms. The number of ketones is 1. The average molecular weight is 253 g/mol. The number of carbonyl (C=O) groups is 1. The molecule has 0 aromatic carbocycles. The monoisotopic (exact) mass is 253 g/mol. The van der Waals surface area contributed by atoms with Gasteiger partial charge in [-0.1, -0.05) is 46.0 Å². The molecule has 1 fully saturated rings. The molecule has 1 aliphatic heterocycles. The van der Waals surface area contributed by atoms with Gasteiger partial charge in [-0.15, -0.1) is 0 Å². The second-order valence-electron chi connectivity index (χ2n) is 5.86. The highest BCUT2D eigenvalue weighted by atomic mass is 16.1. The fraction of sp³-hybridized carbons (Fsp3) is 0.938. The molecule has 1 aliphatic rings. The van der Waals surface area contributed by atoms with Gasteiger partial charge in [0.1, 0.15) is 5.78 Å². The molecule has 0 saturated carbocycles. The fourth-order valence-electron chi connectivity index (χ4n) is 3.04. The molecule has 0 spiro atoms. The van der Waals surface area contributed by atoms with Gasteiger partial charge < -0.3 is 5.32 Å². The molecule has 0 aromatic rings. The van der Waals surface area contributed by atoms with Crippen LogP contribution in [0.25, 0.3) is 0 Å². The third kappa shape index (κ3) is 4.72. The van der Waals surface area contributed by atoms with Crippen molar-refractivity contribution in [3.63, 3.8) is 0 Å². The molecule has 2 heteroatoms. The van der Waals surface area contributed by atoms with Crippen molar-refractivity contribution in [3.05, 3.63) is 0 Å². The van der Waals surface area contributed by atoms with Gasteiger partial charge in [-0.05, 0) is 32.2 Å². The van der Waals surface area contributed by atoms with Crippen LogP contribution in [0.4, 0.5) is 0 Å². The number of unbranched alkanes of at least 4 members (excludes halogenated alkanes) is 5. The van der Waals surface area contributed by atoms with Crippen LogP contribution in [-0.2, 0) is 4.79 Å². The van der Waals surface area contributed by atoms with E-state index in [0.29, 0.717) is 5.78 Å². The van der Waals surface area contributed by atoms with Crippen LogP contribution in [0.1, 0.15) is 78.1 Å². The number of nitrogens with one attached hydrogen (secondary N) is 1. The summed E-state index contributed by atoms with van der Waals surface area (Å²) in [6, 6.07) is 0. The normalized spacial score (nSPS) is 24.1. The van der Waals surface area contributed by atoms with Gasteiger partial charge >= 0.3 is 0 Å². The summed E-state index contributed by atoms with van der Waals surface area (Å²) in [6.07, 6.45) is 11.7. The molecule has 1 saturated heterocycles. The van der Waals surface area contributed by atoms with Crippen molar-refractivity contribution in [1.29, 1.82) is 0 Å². The maximum Gasteiger partial charge on any atom is 0.140 e. The molecule has 1 heterocycles. The third-order valence-electron chi connectivity index (χ3n) is 4.50. The highest BCUT2D eigenvalue weighted by Gasteiger charge is 2.36. The minimum Gasteiger partial charge on any atom is -0.316 e. The van der Waals surface area contributed by atoms with Gasteiger partial charge in [-0.25, -0.2) is 0 Å². The Hall–Kier alpha value is -0.370. The van der Waals surface area contributed by atoms with Gasteiger partial charge in [-0.3, -0.25) is 4.79 Å². The molecule has 1 atom stereocenters. The van der Waals surface area contributed by atoms with E-state index in [4.69, 9.17) is 0 Å². The molecule has 0 aromatic heterocycles. The van der Waals surface area contributed by atoms with Crippen molar-refractivity contribution in [3.8, 4) is 0 Å². The van der Waals surface area contributed by atoms with Crippen molar-refractivity contribution in [2.75, 3.05) is 13.1 Å². The predicted molar refractivity (Wildman–Crippen MR) is 77.8 cm³/mol. The molecule has 18 heavy (non-hydrogen) atoms. The lowest BCUT2D eigenvalue weighted by atomic mass is 9.73. The van der Waals surface area contributed by atoms with E-state index >= 15 is 0 Å². The van der Waals surface area contributed by atoms with Crippen LogP contribution in [0.5, 0.6) is 0 Å². The number of hydrogen-bond donors (Lipinski definition) is 1. The Morgan fingerprint density at radius 3 is 2.44 bits per heavy atom. The lowest BCUT2D eigenvalue weighted by Crippen LogP contribution is -2.45. The Kier molecular flexibility index (Phi) is 7.57. The number of Topliss-reactive ketones (excluding diaryl/α,β-unsaturated/α-hetero) is 1. The van der Waals surface area contributed by atoms with Gasteiger partial charge in [0.15, 0.2) is 0 Å². The minimum absolute atomic E-state index is 0.0261. The van der Waals surface area contributed by atoms with E-state index in [2.05, 4.69) is 19.2 Å². The van der Waals surface area contributed by atoms with Gasteiger partial charge in [0, 0.05) is 18.4 Å². The van der Waals surface area contributed by atoms with E-state index in [9.17, 15) is 4.79 Å². The number of rotatable bonds is 9. The molecule has 0 radical (unpaired) electrons. The first-order chi connectivity index (χ1) is 8.75. The van der Waals surface area contributed by atoms with Crippen LogP contribution >= 0.6 is 0 Å². The Morgan fingerprint density at radius 2 is 1.83 bits per heavy atom. The van der Waals surface area contributed by atoms with E-state index in [0.717, 1.165) is 45.2 Å². The molecule has 106 valence electrons. The zero-order chi connectivity index (χ0) is 13.3. The Morgan fingerprint density at radius 1 is 1.11 bits per heavy atom. The quantitative estimate of drug-likeness (QED) is 0.627. The first-order valence-corrected chi connectivity index (χ1v) is 7.99. The number of piperidine rings is 1. The summed E-state index contributed by atoms with van der Waals surface area (Å²) in [5.41, 5.74) is -0.0261. The SMILES string of the molecule is CCCCCCCCC(=O)C1(CC)CCCNC1. The summed E-state index contributed by atoms with van der Waals surface area (Å²) in [4.78, 5) is 12.4. The first-order valence-electron chi connectivity index (χ1n) is 7.99. The molecule has 2 nitrogen and oxygen atoms in total. The van der Waals surface area contributed by atoms with Crippen molar-refractivity contribution < 1.29 is 4.79 Å². The van der Waals surface area contributed by atoms with Crippen LogP contribution in [0.3, 0.4) is 0 Å². The maximum absolute atomic E-state index is 12.4. The summed E-state index contributed by atoms with van der Waals surface area (Å²) in [5, 5.41) is 3.40. The van der Waals surface area contributed by atoms with Gasteiger partial charge in [0.2, 0.25) is 0 Å². The first kappa shape index (κ1) is 15.7. The van der Waals surface area contributed by atoms with Gasteiger partial charge in [-0.2, -0.15) is 0 Å². The van der Waals surface area contributed by atoms with Crippen LogP contribution in [-0.4, -0.2) is 18.9 Å². The third-order valence-corrected chi connectivity index (χ3v) is 4.50. The predicted octanol–water partition coefficient (Wildman–Crippen LogP) is 4.09. The molecule has 0 aliphatic carbocycles. The van der Waals surface area contributed by atoms with Crippen LogP contribution in [0, 0.1) is 5.41 Å². The average Bonchev–Trinajstić information content (AvgIpc) is 2.43. The zero-order valence-electron chi connectivity index (χ0n) is 12.4. The highest BCUT2D eigenvalue weighted by molar-refractivity contribution is 5.85. The second-order valence-corrected chi connectivity index (χ2v) is 5.86. The van der Waals surface area contributed by atoms with E-state index < -0.39 is 0 Å². The van der Waals surface area contributed by atoms with Crippen molar-refractivity contribution >= 4 is 5.78 Å². The van der Waals surface area contributed by atoms with Gasteiger partial charge in [0.25, 0.3) is 0 Å². The standard InChI is InChI=1S/C16H31NO/c1-3-5-6-7-8-9-11-15(18)16(4-2)12-10-13-17-14-16/h17H,3-14H2,1-2H3. The second kappa shape index (κ2) is 8.68. The molecule has 1 unspecified atom stereocenters. The molecular weight excluding hydrogens is 222 g/mol. The summed E-state index contributed by atoms with van der Waals surface area (Å²) in [6.45, 7) is 6.42. The van der Waals surface area contributed by atoms with Crippen LogP contribution < -0.4 is 5.32 Å². The smallest absolute Gasteiger partial charge is 0.140 e. The largest absolute Gasteiger partial charge is 0.316 e. The number of carbonyl (C=O) groups excluding carboxylic acids is 1. The topological polar surface area (TPSA) is 29.1 Å². The summed E-state index contributed by atoms with van der Waals surface area (Å²) in [7, 11) is 0. The minimum atomic E-state index is -0.0261. The fourth-order valence-corrected chi connectivity index (χ4v) is 3.04. The van der Waals surface area contributed by atoms with Crippen molar-refractivity contribution in [2.24, 2.45) is 5.41 Å². The van der Waals surface area contributed by atoms with Crippen molar-refractivity contribution in [1.82, 2.24) is 5.32 Å². The van der Waals surface area contributed by atoms with E-state index in [1.807, 2.05) is 0 Å². The lowest BCUT2D eigenvalue weighted by molar-refractivity contribution is -0.130. The number of hydrogen-bond acceptors (Lipinski definition) is 2. The van der Waals surface area contributed by atoms with Gasteiger partial charge in [0.05, 0.1) is 0 Å². The molecule has 1 N–H and O–H groups in total. The Labute approximate surface area is 113 Å². The van der Waals surface area contributed by atoms with E-state index in [-0.39, 0.29) is 5.41 Å². The molecular formula is C16H31NO. The van der Waals surface area contributed by atoms with E-state index in [1.54, 1.807) is 0 Å². The van der Waals surface area contributed by atoms with E-state index in [1.165, 1.54) is 32.1 Å². The maximum atomic E-state index is 12.4. The van der Waals surface area contributed by atoms with Crippen molar-refractivity contribution in [2.45, 2.75) is 78.1 Å².